The fraction of sp³-hybridized carbons (Fsp3) is 0.462. The molecule has 0 aromatic carbocycles. The third-order valence-corrected chi connectivity index (χ3v) is 5.35. The van der Waals surface area contributed by atoms with Crippen molar-refractivity contribution in [3.8, 4) is 5.88 Å². The minimum absolute atomic E-state index is 0.247. The number of hydrogen-bond donors (Lipinski definition) is 2. The summed E-state index contributed by atoms with van der Waals surface area (Å²) < 4.78 is 16.8. The average molecular weight is 481 g/mol. The highest BCUT2D eigenvalue weighted by Crippen LogP contribution is 2.35. The number of carbonyl (C=O) groups excluding carboxylic acids is 1. The van der Waals surface area contributed by atoms with Crippen LogP contribution in [0.5, 0.6) is 5.88 Å². The third kappa shape index (κ3) is 6.79. The van der Waals surface area contributed by atoms with Gasteiger partial charge in [-0.25, -0.2) is 9.78 Å². The number of hydrogen-bond acceptors (Lipinski definition) is 8. The highest BCUT2D eigenvalue weighted by Gasteiger charge is 2.20. The second-order valence-corrected chi connectivity index (χ2v) is 9.45. The van der Waals surface area contributed by atoms with Gasteiger partial charge in [0.05, 0.1) is 6.61 Å². The zero-order chi connectivity index (χ0) is 24.8. The van der Waals surface area contributed by atoms with E-state index in [4.69, 9.17) is 14.2 Å². The van der Waals surface area contributed by atoms with Crippen LogP contribution in [0.3, 0.4) is 0 Å². The summed E-state index contributed by atoms with van der Waals surface area (Å²) in [7, 11) is 0. The minimum atomic E-state index is -0.497. The van der Waals surface area contributed by atoms with E-state index in [0.717, 1.165) is 47.4 Å². The summed E-state index contributed by atoms with van der Waals surface area (Å²) in [6.07, 6.45) is 6.50. The van der Waals surface area contributed by atoms with Crippen LogP contribution in [-0.2, 0) is 9.47 Å². The molecule has 3 aromatic rings. The predicted octanol–water partition coefficient (Wildman–Crippen LogP) is 4.94. The first-order valence-electron chi connectivity index (χ1n) is 11.9. The second kappa shape index (κ2) is 10.9. The van der Waals surface area contributed by atoms with Gasteiger partial charge in [0.25, 0.3) is 0 Å². The van der Waals surface area contributed by atoms with Gasteiger partial charge in [-0.1, -0.05) is 0 Å². The van der Waals surface area contributed by atoms with E-state index in [1.54, 1.807) is 12.4 Å². The van der Waals surface area contributed by atoms with Crippen molar-refractivity contribution in [1.82, 2.24) is 20.3 Å². The van der Waals surface area contributed by atoms with Crippen LogP contribution in [0.25, 0.3) is 27.6 Å². The number of aliphatic hydroxyl groups is 1. The molecular weight excluding hydrogens is 448 g/mol. The Morgan fingerprint density at radius 3 is 2.63 bits per heavy atom. The monoisotopic (exact) mass is 480 g/mol. The highest BCUT2D eigenvalue weighted by atomic mass is 16.6. The van der Waals surface area contributed by atoms with E-state index in [0.29, 0.717) is 43.6 Å². The summed E-state index contributed by atoms with van der Waals surface area (Å²) in [6, 6.07) is 5.60. The lowest BCUT2D eigenvalue weighted by Gasteiger charge is -2.19. The number of allylic oxidation sites excluding steroid dienone is 1. The molecule has 0 unspecified atom stereocenters. The van der Waals surface area contributed by atoms with Gasteiger partial charge in [0, 0.05) is 41.7 Å². The van der Waals surface area contributed by atoms with Gasteiger partial charge in [-0.15, -0.1) is 0 Å². The first kappa shape index (κ1) is 24.7. The van der Waals surface area contributed by atoms with Crippen molar-refractivity contribution in [2.45, 2.75) is 52.1 Å². The molecule has 1 saturated carbocycles. The molecule has 1 amide bonds. The number of alkyl carbamates (subject to hydrolysis) is 1. The van der Waals surface area contributed by atoms with Crippen molar-refractivity contribution in [2.75, 3.05) is 26.4 Å². The lowest BCUT2D eigenvalue weighted by Crippen LogP contribution is -2.33. The fourth-order valence-corrected chi connectivity index (χ4v) is 3.55. The van der Waals surface area contributed by atoms with Gasteiger partial charge in [0.2, 0.25) is 5.88 Å². The SMILES string of the molecule is CC(C)(C)OC(=O)NCCCCOCCOc1nc2nc(C(O)=C3CC3)ccc2c2cnccc12. The number of nitrogens with zero attached hydrogens (tertiary/aromatic N) is 3. The molecule has 2 N–H and O–H groups in total. The van der Waals surface area contributed by atoms with Crippen molar-refractivity contribution in [1.29, 1.82) is 0 Å². The van der Waals surface area contributed by atoms with Crippen molar-refractivity contribution < 1.29 is 24.1 Å². The van der Waals surface area contributed by atoms with E-state index in [9.17, 15) is 9.90 Å². The van der Waals surface area contributed by atoms with Gasteiger partial charge in [0.1, 0.15) is 23.7 Å². The van der Waals surface area contributed by atoms with E-state index in [1.165, 1.54) is 0 Å². The molecule has 4 rings (SSSR count). The Hall–Kier alpha value is -3.46. The number of nitrogens with one attached hydrogen (secondary N) is 1. The van der Waals surface area contributed by atoms with Gasteiger partial charge >= 0.3 is 6.09 Å². The molecule has 0 aliphatic heterocycles. The fourth-order valence-electron chi connectivity index (χ4n) is 3.55. The molecule has 1 aliphatic rings. The Bertz CT molecular complexity index is 1230. The summed E-state index contributed by atoms with van der Waals surface area (Å²) in [5.41, 5.74) is 1.55. The number of aromatic nitrogens is 3. The van der Waals surface area contributed by atoms with Gasteiger partial charge in [-0.05, 0) is 70.2 Å². The predicted molar refractivity (Wildman–Crippen MR) is 133 cm³/mol. The second-order valence-electron chi connectivity index (χ2n) is 9.45. The first-order valence-corrected chi connectivity index (χ1v) is 11.9. The lowest BCUT2D eigenvalue weighted by molar-refractivity contribution is 0.0523. The number of ether oxygens (including phenoxy) is 3. The maximum absolute atomic E-state index is 11.6. The molecule has 186 valence electrons. The van der Waals surface area contributed by atoms with Crippen molar-refractivity contribution in [3.63, 3.8) is 0 Å². The third-order valence-electron chi connectivity index (χ3n) is 5.35. The number of fused-ring (bicyclic) bond motifs is 3. The normalized spacial score (nSPS) is 13.2. The van der Waals surface area contributed by atoms with Crippen molar-refractivity contribution >= 4 is 33.7 Å². The Kier molecular flexibility index (Phi) is 7.65. The Labute approximate surface area is 204 Å². The van der Waals surface area contributed by atoms with Crippen molar-refractivity contribution in [2.24, 2.45) is 0 Å². The Morgan fingerprint density at radius 1 is 1.03 bits per heavy atom. The van der Waals surface area contributed by atoms with E-state index in [2.05, 4.69) is 20.3 Å². The maximum atomic E-state index is 11.6. The van der Waals surface area contributed by atoms with Gasteiger partial charge in [-0.2, -0.15) is 4.98 Å². The topological polar surface area (TPSA) is 116 Å². The Morgan fingerprint density at radius 2 is 1.86 bits per heavy atom. The molecule has 9 nitrogen and oxygen atoms in total. The molecule has 0 bridgehead atoms. The molecule has 1 fully saturated rings. The van der Waals surface area contributed by atoms with Gasteiger partial charge < -0.3 is 24.6 Å². The summed E-state index contributed by atoms with van der Waals surface area (Å²) in [4.78, 5) is 25.1. The largest absolute Gasteiger partial charge is 0.506 e. The van der Waals surface area contributed by atoms with Gasteiger partial charge in [0.15, 0.2) is 5.65 Å². The van der Waals surface area contributed by atoms with Crippen LogP contribution in [-0.4, -0.2) is 58.1 Å². The number of amides is 1. The molecule has 0 radical (unpaired) electrons. The van der Waals surface area contributed by atoms with E-state index >= 15 is 0 Å². The number of pyridine rings is 3. The summed E-state index contributed by atoms with van der Waals surface area (Å²) in [5, 5.41) is 15.7. The molecule has 0 spiro atoms. The molecular formula is C26H32N4O5. The van der Waals surface area contributed by atoms with Crippen LogP contribution in [0.4, 0.5) is 4.79 Å². The number of aliphatic hydroxyl groups excluding tert-OH is 1. The maximum Gasteiger partial charge on any atom is 0.407 e. The molecule has 1 aliphatic carbocycles. The van der Waals surface area contributed by atoms with Gasteiger partial charge in [-0.3, -0.25) is 4.98 Å². The summed E-state index contributed by atoms with van der Waals surface area (Å²) in [6.45, 7) is 7.35. The molecule has 0 saturated heterocycles. The first-order chi connectivity index (χ1) is 16.8. The number of carbonyl (C=O) groups is 1. The zero-order valence-electron chi connectivity index (χ0n) is 20.5. The molecule has 9 heteroatoms. The van der Waals surface area contributed by atoms with E-state index < -0.39 is 11.7 Å². The molecule has 0 atom stereocenters. The smallest absolute Gasteiger partial charge is 0.407 e. The van der Waals surface area contributed by atoms with Crippen LogP contribution in [0, 0.1) is 0 Å². The summed E-state index contributed by atoms with van der Waals surface area (Å²) >= 11 is 0. The Balaban J connectivity index is 1.28. The molecule has 3 heterocycles. The average Bonchev–Trinajstić information content (AvgIpc) is 3.66. The standard InChI is InChI=1S/C26H32N4O5/c1-26(2,3)35-25(32)28-11-4-5-13-33-14-15-34-24-19-10-12-27-16-20(19)18-8-9-21(29-23(18)30-24)22(31)17-6-7-17/h8-10,12,16,31H,4-7,11,13-15H2,1-3H3,(H,28,32). The molecule has 35 heavy (non-hydrogen) atoms. The van der Waals surface area contributed by atoms with E-state index in [1.807, 2.05) is 39.0 Å². The van der Waals surface area contributed by atoms with Crippen LogP contribution in [0.2, 0.25) is 0 Å². The minimum Gasteiger partial charge on any atom is -0.506 e. The summed E-state index contributed by atoms with van der Waals surface area (Å²) in [5.74, 6) is 0.709. The highest BCUT2D eigenvalue weighted by molar-refractivity contribution is 6.06. The van der Waals surface area contributed by atoms with Crippen LogP contribution < -0.4 is 10.1 Å². The quantitative estimate of drug-likeness (QED) is 0.238. The number of rotatable bonds is 10. The zero-order valence-corrected chi connectivity index (χ0v) is 20.5. The number of unbranched alkanes of at least 4 members (excludes halogenated alkanes) is 1. The van der Waals surface area contributed by atoms with Crippen LogP contribution in [0.1, 0.15) is 52.1 Å². The van der Waals surface area contributed by atoms with Crippen LogP contribution in [0.15, 0.2) is 36.2 Å². The lowest BCUT2D eigenvalue weighted by atomic mass is 10.1. The van der Waals surface area contributed by atoms with E-state index in [-0.39, 0.29) is 5.76 Å². The molecule has 3 aromatic heterocycles. The van der Waals surface area contributed by atoms with Crippen LogP contribution >= 0.6 is 0 Å². The van der Waals surface area contributed by atoms with Crippen molar-refractivity contribution in [3.05, 3.63) is 41.9 Å².